The lowest BCUT2D eigenvalue weighted by molar-refractivity contribution is 0.321. The van der Waals surface area contributed by atoms with Crippen molar-refractivity contribution in [2.45, 2.75) is 46.0 Å². The van der Waals surface area contributed by atoms with Gasteiger partial charge in [0.2, 0.25) is 0 Å². The van der Waals surface area contributed by atoms with E-state index in [2.05, 4.69) is 85.2 Å². The van der Waals surface area contributed by atoms with Crippen LogP contribution < -0.4 is 14.5 Å². The van der Waals surface area contributed by atoms with Crippen LogP contribution >= 0.6 is 0 Å². The molecule has 1 aliphatic heterocycles. The summed E-state index contributed by atoms with van der Waals surface area (Å²) in [6.45, 7) is 10.4. The molecule has 0 atom stereocenters. The van der Waals surface area contributed by atoms with E-state index >= 15 is 0 Å². The smallest absolute Gasteiger partial charge is 0.142 e. The third-order valence-corrected chi connectivity index (χ3v) is 5.88. The van der Waals surface area contributed by atoms with Gasteiger partial charge in [-0.1, -0.05) is 64.1 Å². The van der Waals surface area contributed by atoms with Gasteiger partial charge in [-0.05, 0) is 47.2 Å². The predicted octanol–water partition coefficient (Wildman–Crippen LogP) is 6.71. The highest BCUT2D eigenvalue weighted by molar-refractivity contribution is 5.69. The third-order valence-electron chi connectivity index (χ3n) is 5.88. The lowest BCUT2D eigenvalue weighted by Crippen LogP contribution is -2.27. The molecule has 0 N–H and O–H groups in total. The molecular formula is C28H33N3O. The SMILES string of the molecule is CC(C)c1cccc(C(C)C)c1N1C=CN(c2ccccc2OCCc2ccccn2)C1. The van der Waals surface area contributed by atoms with E-state index in [0.29, 0.717) is 18.4 Å². The van der Waals surface area contributed by atoms with Crippen LogP contribution in [0.3, 0.4) is 0 Å². The molecule has 0 spiro atoms. The third kappa shape index (κ3) is 4.80. The molecular weight excluding hydrogens is 394 g/mol. The Morgan fingerprint density at radius 1 is 0.812 bits per heavy atom. The van der Waals surface area contributed by atoms with E-state index in [1.165, 1.54) is 16.8 Å². The number of hydrogen-bond acceptors (Lipinski definition) is 4. The molecule has 4 rings (SSSR count). The molecule has 0 radical (unpaired) electrons. The van der Waals surface area contributed by atoms with E-state index in [1.807, 2.05) is 36.5 Å². The summed E-state index contributed by atoms with van der Waals surface area (Å²) in [5.41, 5.74) is 6.25. The van der Waals surface area contributed by atoms with Crippen LogP contribution in [0, 0.1) is 0 Å². The van der Waals surface area contributed by atoms with Gasteiger partial charge >= 0.3 is 0 Å². The van der Waals surface area contributed by atoms with Gasteiger partial charge in [0.05, 0.1) is 19.0 Å². The molecule has 4 nitrogen and oxygen atoms in total. The summed E-state index contributed by atoms with van der Waals surface area (Å²) in [4.78, 5) is 9.02. The molecule has 0 amide bonds. The fourth-order valence-electron chi connectivity index (χ4n) is 4.19. The van der Waals surface area contributed by atoms with Crippen molar-refractivity contribution >= 4 is 11.4 Å². The topological polar surface area (TPSA) is 28.6 Å². The van der Waals surface area contributed by atoms with Crippen molar-refractivity contribution in [1.82, 2.24) is 4.98 Å². The maximum Gasteiger partial charge on any atom is 0.142 e. The second-order valence-electron chi connectivity index (χ2n) is 8.86. The quantitative estimate of drug-likeness (QED) is 0.400. The van der Waals surface area contributed by atoms with Crippen molar-refractivity contribution in [3.05, 3.63) is 96.1 Å². The molecule has 0 saturated heterocycles. The van der Waals surface area contributed by atoms with E-state index in [-0.39, 0.29) is 0 Å². The summed E-state index contributed by atoms with van der Waals surface area (Å²) in [5, 5.41) is 0. The Morgan fingerprint density at radius 3 is 2.19 bits per heavy atom. The van der Waals surface area contributed by atoms with E-state index in [0.717, 1.165) is 30.2 Å². The van der Waals surface area contributed by atoms with Crippen LogP contribution in [-0.2, 0) is 6.42 Å². The summed E-state index contributed by atoms with van der Waals surface area (Å²) >= 11 is 0. The van der Waals surface area contributed by atoms with Gasteiger partial charge in [0.15, 0.2) is 0 Å². The first-order valence-electron chi connectivity index (χ1n) is 11.5. The van der Waals surface area contributed by atoms with Gasteiger partial charge in [-0.3, -0.25) is 4.98 Å². The molecule has 166 valence electrons. The molecule has 2 heterocycles. The van der Waals surface area contributed by atoms with Crippen molar-refractivity contribution in [1.29, 1.82) is 0 Å². The van der Waals surface area contributed by atoms with E-state index in [4.69, 9.17) is 4.74 Å². The number of ether oxygens (including phenoxy) is 1. The zero-order valence-corrected chi connectivity index (χ0v) is 19.5. The van der Waals surface area contributed by atoms with Crippen LogP contribution in [0.1, 0.15) is 56.4 Å². The number of aromatic nitrogens is 1. The molecule has 0 saturated carbocycles. The Morgan fingerprint density at radius 2 is 1.50 bits per heavy atom. The maximum atomic E-state index is 6.18. The number of rotatable bonds is 8. The van der Waals surface area contributed by atoms with Crippen LogP contribution in [0.15, 0.2) is 79.3 Å². The summed E-state index contributed by atoms with van der Waals surface area (Å²) in [6.07, 6.45) is 6.96. The second kappa shape index (κ2) is 9.90. The predicted molar refractivity (Wildman–Crippen MR) is 133 cm³/mol. The number of pyridine rings is 1. The molecule has 1 aliphatic rings. The van der Waals surface area contributed by atoms with Crippen molar-refractivity contribution in [3.63, 3.8) is 0 Å². The van der Waals surface area contributed by atoms with E-state index < -0.39 is 0 Å². The highest BCUT2D eigenvalue weighted by atomic mass is 16.5. The van der Waals surface area contributed by atoms with Crippen molar-refractivity contribution < 1.29 is 4.74 Å². The zero-order valence-electron chi connectivity index (χ0n) is 19.5. The van der Waals surface area contributed by atoms with Crippen molar-refractivity contribution in [3.8, 4) is 5.75 Å². The standard InChI is InChI=1S/C28H33N3O/c1-21(2)24-11-9-12-25(22(3)4)28(24)31-18-17-30(20-31)26-13-5-6-14-27(26)32-19-15-23-10-7-8-16-29-23/h5-14,16-18,21-22H,15,19-20H2,1-4H3. The fraction of sp³-hybridized carbons (Fsp3) is 0.321. The normalized spacial score (nSPS) is 13.4. The highest BCUT2D eigenvalue weighted by Crippen LogP contribution is 2.38. The minimum atomic E-state index is 0.466. The Labute approximate surface area is 192 Å². The number of nitrogens with zero attached hydrogens (tertiary/aromatic N) is 3. The first-order valence-corrected chi connectivity index (χ1v) is 11.5. The Kier molecular flexibility index (Phi) is 6.79. The highest BCUT2D eigenvalue weighted by Gasteiger charge is 2.24. The van der Waals surface area contributed by atoms with Crippen LogP contribution in [0.2, 0.25) is 0 Å². The molecule has 0 bridgehead atoms. The van der Waals surface area contributed by atoms with Gasteiger partial charge in [0, 0.05) is 36.4 Å². The van der Waals surface area contributed by atoms with Gasteiger partial charge < -0.3 is 14.5 Å². The van der Waals surface area contributed by atoms with E-state index in [9.17, 15) is 0 Å². The molecule has 0 fully saturated rings. The first-order chi connectivity index (χ1) is 15.5. The molecule has 3 aromatic rings. The maximum absolute atomic E-state index is 6.18. The van der Waals surface area contributed by atoms with Crippen LogP contribution in [0.4, 0.5) is 11.4 Å². The number of anilines is 2. The summed E-state index contributed by atoms with van der Waals surface area (Å²) in [7, 11) is 0. The Balaban J connectivity index is 1.52. The van der Waals surface area contributed by atoms with Gasteiger partial charge in [0.1, 0.15) is 5.75 Å². The number of hydrogen-bond donors (Lipinski definition) is 0. The molecule has 1 aromatic heterocycles. The van der Waals surface area contributed by atoms with Gasteiger partial charge in [-0.2, -0.15) is 0 Å². The first kappa shape index (κ1) is 21.9. The lowest BCUT2D eigenvalue weighted by Gasteiger charge is -2.29. The lowest BCUT2D eigenvalue weighted by atomic mass is 9.92. The van der Waals surface area contributed by atoms with E-state index in [1.54, 1.807) is 0 Å². The number of para-hydroxylation sites is 3. The summed E-state index contributed by atoms with van der Waals surface area (Å²) in [6, 6.07) is 21.0. The monoisotopic (exact) mass is 427 g/mol. The van der Waals surface area contributed by atoms with Crippen molar-refractivity contribution in [2.24, 2.45) is 0 Å². The Bertz CT molecular complexity index is 1030. The van der Waals surface area contributed by atoms with Crippen LogP contribution in [0.25, 0.3) is 0 Å². The largest absolute Gasteiger partial charge is 0.491 e. The van der Waals surface area contributed by atoms with Gasteiger partial charge in [-0.25, -0.2) is 0 Å². The minimum absolute atomic E-state index is 0.466. The second-order valence-corrected chi connectivity index (χ2v) is 8.86. The average Bonchev–Trinajstić information content (AvgIpc) is 3.29. The average molecular weight is 428 g/mol. The zero-order chi connectivity index (χ0) is 22.5. The summed E-state index contributed by atoms with van der Waals surface area (Å²) < 4.78 is 6.18. The van der Waals surface area contributed by atoms with Crippen LogP contribution in [-0.4, -0.2) is 18.3 Å². The van der Waals surface area contributed by atoms with Crippen molar-refractivity contribution in [2.75, 3.05) is 23.1 Å². The number of benzene rings is 2. The fourth-order valence-corrected chi connectivity index (χ4v) is 4.19. The minimum Gasteiger partial charge on any atom is -0.491 e. The molecule has 0 aliphatic carbocycles. The van der Waals surface area contributed by atoms with Gasteiger partial charge in [0.25, 0.3) is 0 Å². The summed E-state index contributed by atoms with van der Waals surface area (Å²) in [5.74, 6) is 1.83. The molecule has 4 heteroatoms. The van der Waals surface area contributed by atoms with Crippen LogP contribution in [0.5, 0.6) is 5.75 Å². The Hall–Kier alpha value is -3.27. The molecule has 0 unspecified atom stereocenters. The molecule has 2 aromatic carbocycles. The molecule has 32 heavy (non-hydrogen) atoms. The van der Waals surface area contributed by atoms with Gasteiger partial charge in [-0.15, -0.1) is 0 Å².